The van der Waals surface area contributed by atoms with Gasteiger partial charge in [-0.25, -0.2) is 0 Å². The van der Waals surface area contributed by atoms with E-state index >= 15 is 0 Å². The van der Waals surface area contributed by atoms with E-state index in [1.165, 1.54) is 17.8 Å². The minimum Gasteiger partial charge on any atom is -0.507 e. The highest BCUT2D eigenvalue weighted by molar-refractivity contribution is 7.99. The Labute approximate surface area is 202 Å². The molecule has 0 heterocycles. The molecule has 0 saturated carbocycles. The zero-order valence-electron chi connectivity index (χ0n) is 17.9. The van der Waals surface area contributed by atoms with Crippen LogP contribution >= 0.6 is 23.4 Å². The number of carbonyl (C=O) groups excluding carboxylic acids is 2. The molecule has 3 nitrogen and oxygen atoms in total. The minimum absolute atomic E-state index is 0.144. The van der Waals surface area contributed by atoms with Crippen molar-refractivity contribution in [1.82, 2.24) is 0 Å². The van der Waals surface area contributed by atoms with Crippen molar-refractivity contribution in [2.45, 2.75) is 11.8 Å². The summed E-state index contributed by atoms with van der Waals surface area (Å²) >= 11 is 7.45. The topological polar surface area (TPSA) is 54.4 Å². The second-order valence-corrected chi connectivity index (χ2v) is 9.06. The lowest BCUT2D eigenvalue weighted by atomic mass is 9.89. The summed E-state index contributed by atoms with van der Waals surface area (Å²) in [6, 6.07) is 26.3. The van der Waals surface area contributed by atoms with E-state index in [9.17, 15) is 14.7 Å². The van der Waals surface area contributed by atoms with Crippen molar-refractivity contribution in [1.29, 1.82) is 0 Å². The molecule has 0 aromatic heterocycles. The van der Waals surface area contributed by atoms with E-state index in [0.717, 1.165) is 5.56 Å². The maximum absolute atomic E-state index is 13.8. The molecule has 5 heteroatoms. The molecule has 0 bridgehead atoms. The van der Waals surface area contributed by atoms with Gasteiger partial charge in [0.05, 0.1) is 5.56 Å². The molecule has 0 radical (unpaired) electrons. The van der Waals surface area contributed by atoms with E-state index < -0.39 is 0 Å². The summed E-state index contributed by atoms with van der Waals surface area (Å²) in [4.78, 5) is 27.7. The van der Waals surface area contributed by atoms with E-state index in [4.69, 9.17) is 11.6 Å². The maximum atomic E-state index is 13.8. The molecule has 0 aliphatic rings. The molecule has 4 aromatic carbocycles. The highest BCUT2D eigenvalue weighted by Crippen LogP contribution is 2.42. The number of phenolic OH excluding ortho intramolecular Hbond substituents is 1. The van der Waals surface area contributed by atoms with Crippen LogP contribution < -0.4 is 0 Å². The van der Waals surface area contributed by atoms with Gasteiger partial charge in [-0.15, -0.1) is 11.8 Å². The van der Waals surface area contributed by atoms with Crippen molar-refractivity contribution in [3.8, 4) is 16.9 Å². The van der Waals surface area contributed by atoms with Gasteiger partial charge in [0, 0.05) is 26.6 Å². The van der Waals surface area contributed by atoms with E-state index in [1.807, 2.05) is 19.1 Å². The number of halogens is 1. The third kappa shape index (κ3) is 4.72. The number of phenols is 1. The van der Waals surface area contributed by atoms with Crippen LogP contribution in [0.5, 0.6) is 5.75 Å². The fourth-order valence-electron chi connectivity index (χ4n) is 3.70. The SMILES string of the molecule is CCSc1c(C(=O)c2ccccc2)c(O)cc(-c2ccc(Cl)cc2)c1C(=O)c1ccccc1. The summed E-state index contributed by atoms with van der Waals surface area (Å²) in [5.74, 6) is -0.0741. The van der Waals surface area contributed by atoms with E-state index in [0.29, 0.717) is 37.9 Å². The third-order valence-corrected chi connectivity index (χ3v) is 6.47. The number of aromatic hydroxyl groups is 1. The number of carbonyl (C=O) groups is 2. The quantitative estimate of drug-likeness (QED) is 0.226. The molecular weight excluding hydrogens is 452 g/mol. The molecule has 4 aromatic rings. The van der Waals surface area contributed by atoms with E-state index in [1.54, 1.807) is 72.8 Å². The van der Waals surface area contributed by atoms with Crippen molar-refractivity contribution < 1.29 is 14.7 Å². The monoisotopic (exact) mass is 472 g/mol. The maximum Gasteiger partial charge on any atom is 0.197 e. The zero-order valence-corrected chi connectivity index (χ0v) is 19.5. The molecule has 0 spiro atoms. The second-order valence-electron chi connectivity index (χ2n) is 7.35. The predicted molar refractivity (Wildman–Crippen MR) is 135 cm³/mol. The molecule has 33 heavy (non-hydrogen) atoms. The highest BCUT2D eigenvalue weighted by atomic mass is 35.5. The number of hydrogen-bond donors (Lipinski definition) is 1. The van der Waals surface area contributed by atoms with Gasteiger partial charge in [-0.1, -0.05) is 91.3 Å². The number of hydrogen-bond acceptors (Lipinski definition) is 4. The number of ketones is 2. The molecular formula is C28H21ClO3S. The lowest BCUT2D eigenvalue weighted by molar-refractivity contribution is 0.103. The molecule has 164 valence electrons. The number of rotatable bonds is 7. The van der Waals surface area contributed by atoms with Crippen LogP contribution in [0.4, 0.5) is 0 Å². The molecule has 0 aliphatic carbocycles. The Hall–Kier alpha value is -3.34. The van der Waals surface area contributed by atoms with Crippen LogP contribution in [0, 0.1) is 0 Å². The summed E-state index contributed by atoms with van der Waals surface area (Å²) in [7, 11) is 0. The molecule has 0 amide bonds. The van der Waals surface area contributed by atoms with Crippen LogP contribution in [0.15, 0.2) is 95.9 Å². The molecule has 0 fully saturated rings. The first kappa shape index (κ1) is 22.8. The fourth-order valence-corrected chi connectivity index (χ4v) is 4.81. The first-order valence-electron chi connectivity index (χ1n) is 10.5. The molecule has 0 aliphatic heterocycles. The van der Waals surface area contributed by atoms with Gasteiger partial charge in [-0.05, 0) is 35.1 Å². The Balaban J connectivity index is 2.03. The first-order valence-corrected chi connectivity index (χ1v) is 11.9. The summed E-state index contributed by atoms with van der Waals surface area (Å²) in [5, 5.41) is 11.6. The number of benzene rings is 4. The van der Waals surface area contributed by atoms with Crippen LogP contribution in [0.2, 0.25) is 5.02 Å². The molecule has 0 saturated heterocycles. The van der Waals surface area contributed by atoms with Gasteiger partial charge in [0.15, 0.2) is 11.6 Å². The Morgan fingerprint density at radius 2 is 1.30 bits per heavy atom. The van der Waals surface area contributed by atoms with E-state index in [-0.39, 0.29) is 22.9 Å². The van der Waals surface area contributed by atoms with Gasteiger partial charge in [0.2, 0.25) is 0 Å². The first-order chi connectivity index (χ1) is 16.0. The van der Waals surface area contributed by atoms with Gasteiger partial charge < -0.3 is 5.11 Å². The van der Waals surface area contributed by atoms with Gasteiger partial charge in [-0.3, -0.25) is 9.59 Å². The smallest absolute Gasteiger partial charge is 0.197 e. The third-order valence-electron chi connectivity index (χ3n) is 5.23. The second kappa shape index (κ2) is 10.1. The van der Waals surface area contributed by atoms with Gasteiger partial charge in [0.25, 0.3) is 0 Å². The van der Waals surface area contributed by atoms with E-state index in [2.05, 4.69) is 0 Å². The van der Waals surface area contributed by atoms with Gasteiger partial charge in [-0.2, -0.15) is 0 Å². The number of thioether (sulfide) groups is 1. The summed E-state index contributed by atoms with van der Waals surface area (Å²) < 4.78 is 0. The zero-order chi connectivity index (χ0) is 23.4. The molecule has 0 unspecified atom stereocenters. The van der Waals surface area contributed by atoms with Crippen molar-refractivity contribution in [3.63, 3.8) is 0 Å². The Morgan fingerprint density at radius 3 is 1.82 bits per heavy atom. The largest absolute Gasteiger partial charge is 0.507 e. The van der Waals surface area contributed by atoms with Gasteiger partial charge >= 0.3 is 0 Å². The van der Waals surface area contributed by atoms with Crippen molar-refractivity contribution >= 4 is 34.9 Å². The fraction of sp³-hybridized carbons (Fsp3) is 0.0714. The minimum atomic E-state index is -0.325. The molecule has 1 N–H and O–H groups in total. The Bertz CT molecular complexity index is 1300. The predicted octanol–water partition coefficient (Wildman–Crippen LogP) is 7.29. The van der Waals surface area contributed by atoms with Crippen LogP contribution in [-0.2, 0) is 0 Å². The van der Waals surface area contributed by atoms with Crippen LogP contribution in [-0.4, -0.2) is 22.4 Å². The highest BCUT2D eigenvalue weighted by Gasteiger charge is 2.28. The Kier molecular flexibility index (Phi) is 6.97. The van der Waals surface area contributed by atoms with Crippen LogP contribution in [0.25, 0.3) is 11.1 Å². The van der Waals surface area contributed by atoms with Crippen molar-refractivity contribution in [2.24, 2.45) is 0 Å². The Morgan fingerprint density at radius 1 is 0.788 bits per heavy atom. The van der Waals surface area contributed by atoms with Crippen molar-refractivity contribution in [3.05, 3.63) is 118 Å². The average Bonchev–Trinajstić information content (AvgIpc) is 2.85. The van der Waals surface area contributed by atoms with Gasteiger partial charge in [0.1, 0.15) is 5.75 Å². The summed E-state index contributed by atoms with van der Waals surface area (Å²) in [6.45, 7) is 1.95. The normalized spacial score (nSPS) is 10.7. The average molecular weight is 473 g/mol. The molecule has 4 rings (SSSR count). The van der Waals surface area contributed by atoms with Crippen LogP contribution in [0.1, 0.15) is 38.8 Å². The van der Waals surface area contributed by atoms with Crippen molar-refractivity contribution in [2.75, 3.05) is 5.75 Å². The van der Waals surface area contributed by atoms with Crippen LogP contribution in [0.3, 0.4) is 0 Å². The summed E-state index contributed by atoms with van der Waals surface area (Å²) in [6.07, 6.45) is 0. The standard InChI is InChI=1S/C28H21ClO3S/c1-2-33-28-24(26(31)19-9-5-3-6-10-19)22(18-13-15-21(29)16-14-18)17-23(30)25(28)27(32)20-11-7-4-8-12-20/h3-17,30H,2H2,1H3. The lowest BCUT2D eigenvalue weighted by Gasteiger charge is -2.19. The molecule has 0 atom stereocenters. The summed E-state index contributed by atoms with van der Waals surface area (Å²) in [5.41, 5.74) is 2.78. The lowest BCUT2D eigenvalue weighted by Crippen LogP contribution is -2.12.